The molecule has 0 saturated carbocycles. The summed E-state index contributed by atoms with van der Waals surface area (Å²) in [6.07, 6.45) is 0. The molecule has 0 spiro atoms. The number of halogens is 4. The molecule has 0 aromatic heterocycles. The van der Waals surface area contributed by atoms with Crippen LogP contribution in [0.2, 0.25) is 0 Å². The van der Waals surface area contributed by atoms with Gasteiger partial charge in [-0.25, -0.2) is 13.2 Å². The zero-order chi connectivity index (χ0) is 15.6. The van der Waals surface area contributed by atoms with Gasteiger partial charge in [-0.2, -0.15) is 0 Å². The lowest BCUT2D eigenvalue weighted by Crippen LogP contribution is -2.11. The van der Waals surface area contributed by atoms with Gasteiger partial charge in [-0.05, 0) is 40.2 Å². The van der Waals surface area contributed by atoms with Gasteiger partial charge < -0.3 is 10.5 Å². The predicted octanol–water partition coefficient (Wildman–Crippen LogP) is 4.08. The van der Waals surface area contributed by atoms with E-state index in [1.54, 1.807) is 0 Å². The molecule has 0 bridgehead atoms. The Morgan fingerprint density at radius 2 is 1.86 bits per heavy atom. The van der Waals surface area contributed by atoms with E-state index in [2.05, 4.69) is 28.1 Å². The fraction of sp³-hybridized carbons (Fsp3) is 0.0714. The average Bonchev–Trinajstić information content (AvgIpc) is 2.43. The number of hydrogen-bond acceptors (Lipinski definition) is 2. The van der Waals surface area contributed by atoms with E-state index in [1.165, 1.54) is 18.2 Å². The molecule has 0 unspecified atom stereocenters. The van der Waals surface area contributed by atoms with Crippen LogP contribution in [0.25, 0.3) is 0 Å². The molecule has 2 N–H and O–H groups in total. The van der Waals surface area contributed by atoms with E-state index in [1.807, 2.05) is 0 Å². The van der Waals surface area contributed by atoms with Crippen LogP contribution in [0, 0.1) is 17.5 Å². The van der Waals surface area contributed by atoms with Crippen LogP contribution in [0.15, 0.2) is 34.8 Å². The van der Waals surface area contributed by atoms with Crippen LogP contribution in [-0.2, 0) is 6.61 Å². The first-order valence-corrected chi connectivity index (χ1v) is 6.95. The molecule has 0 saturated heterocycles. The molecule has 2 aromatic carbocycles. The molecule has 0 aliphatic carbocycles. The van der Waals surface area contributed by atoms with Crippen molar-refractivity contribution in [2.45, 2.75) is 6.61 Å². The topological polar surface area (TPSA) is 35.2 Å². The second-order valence-electron chi connectivity index (χ2n) is 4.12. The normalized spacial score (nSPS) is 10.5. The lowest BCUT2D eigenvalue weighted by molar-refractivity contribution is 0.291. The van der Waals surface area contributed by atoms with Crippen LogP contribution in [0.4, 0.5) is 13.2 Å². The molecule has 2 rings (SSSR count). The van der Waals surface area contributed by atoms with Gasteiger partial charge in [0, 0.05) is 11.6 Å². The maximum atomic E-state index is 13.7. The molecule has 0 fully saturated rings. The van der Waals surface area contributed by atoms with Crippen molar-refractivity contribution in [3.8, 4) is 5.75 Å². The Bertz CT molecular complexity index is 709. The second-order valence-corrected chi connectivity index (χ2v) is 5.41. The molecule has 21 heavy (non-hydrogen) atoms. The van der Waals surface area contributed by atoms with E-state index in [9.17, 15) is 13.2 Å². The molecule has 7 heteroatoms. The second kappa shape index (κ2) is 6.44. The van der Waals surface area contributed by atoms with E-state index in [4.69, 9.17) is 10.5 Å². The summed E-state index contributed by atoms with van der Waals surface area (Å²) < 4.78 is 46.2. The summed E-state index contributed by atoms with van der Waals surface area (Å²) in [6.45, 7) is -0.372. The highest BCUT2D eigenvalue weighted by Gasteiger charge is 2.13. The highest BCUT2D eigenvalue weighted by Crippen LogP contribution is 2.24. The molecule has 110 valence electrons. The molecular formula is C14H9BrF3NOS. The Morgan fingerprint density at radius 3 is 2.48 bits per heavy atom. The van der Waals surface area contributed by atoms with Gasteiger partial charge in [0.2, 0.25) is 0 Å². The van der Waals surface area contributed by atoms with Crippen molar-refractivity contribution >= 4 is 33.1 Å². The molecule has 0 amide bonds. The fourth-order valence-electron chi connectivity index (χ4n) is 1.64. The molecule has 0 radical (unpaired) electrons. The van der Waals surface area contributed by atoms with Gasteiger partial charge in [-0.15, -0.1) is 0 Å². The van der Waals surface area contributed by atoms with Crippen molar-refractivity contribution < 1.29 is 17.9 Å². The molecule has 0 aliphatic rings. The van der Waals surface area contributed by atoms with E-state index in [0.29, 0.717) is 0 Å². The first kappa shape index (κ1) is 15.8. The summed E-state index contributed by atoms with van der Waals surface area (Å²) in [5.74, 6) is -2.03. The number of benzene rings is 2. The van der Waals surface area contributed by atoms with Crippen LogP contribution in [0.1, 0.15) is 11.1 Å². The average molecular weight is 376 g/mol. The Kier molecular flexibility index (Phi) is 4.84. The van der Waals surface area contributed by atoms with E-state index < -0.39 is 17.5 Å². The van der Waals surface area contributed by atoms with Crippen LogP contribution in [0.3, 0.4) is 0 Å². The minimum Gasteiger partial charge on any atom is -0.489 e. The number of rotatable bonds is 4. The van der Waals surface area contributed by atoms with Gasteiger partial charge in [0.25, 0.3) is 0 Å². The number of ether oxygens (including phenoxy) is 1. The number of thiocarbonyl (C=S) groups is 1. The Morgan fingerprint density at radius 1 is 1.14 bits per heavy atom. The quantitative estimate of drug-likeness (QED) is 0.645. The standard InChI is InChI=1S/C14H9BrF3NOS/c15-10-3-4-11(16)9(13(10)18)6-20-7-1-2-8(14(19)21)12(17)5-7/h1-5H,6H2,(H2,19,21). The molecular weight excluding hydrogens is 367 g/mol. The zero-order valence-electron chi connectivity index (χ0n) is 10.5. The monoisotopic (exact) mass is 375 g/mol. The summed E-state index contributed by atoms with van der Waals surface area (Å²) in [4.78, 5) is -0.0804. The van der Waals surface area contributed by atoms with E-state index in [0.717, 1.165) is 12.1 Å². The van der Waals surface area contributed by atoms with Crippen molar-refractivity contribution in [2.24, 2.45) is 5.73 Å². The van der Waals surface area contributed by atoms with Gasteiger partial charge in [-0.3, -0.25) is 0 Å². The number of nitrogens with two attached hydrogens (primary N) is 1. The van der Waals surface area contributed by atoms with Gasteiger partial charge >= 0.3 is 0 Å². The summed E-state index contributed by atoms with van der Waals surface area (Å²) >= 11 is 7.63. The smallest absolute Gasteiger partial charge is 0.146 e. The van der Waals surface area contributed by atoms with Crippen molar-refractivity contribution in [3.63, 3.8) is 0 Å². The van der Waals surface area contributed by atoms with Gasteiger partial charge in [0.1, 0.15) is 34.8 Å². The highest BCUT2D eigenvalue weighted by molar-refractivity contribution is 9.10. The molecule has 0 atom stereocenters. The molecule has 2 nitrogen and oxygen atoms in total. The summed E-state index contributed by atoms with van der Waals surface area (Å²) in [5, 5.41) is 0. The lowest BCUT2D eigenvalue weighted by Gasteiger charge is -2.10. The zero-order valence-corrected chi connectivity index (χ0v) is 12.9. The van der Waals surface area contributed by atoms with Crippen molar-refractivity contribution in [1.29, 1.82) is 0 Å². The van der Waals surface area contributed by atoms with Gasteiger partial charge in [0.05, 0.1) is 10.0 Å². The highest BCUT2D eigenvalue weighted by atomic mass is 79.9. The molecule has 2 aromatic rings. The summed E-state index contributed by atoms with van der Waals surface area (Å²) in [5.41, 5.74) is 5.17. The SMILES string of the molecule is NC(=S)c1ccc(OCc2c(F)ccc(Br)c2F)cc1F. The van der Waals surface area contributed by atoms with Crippen LogP contribution in [-0.4, -0.2) is 4.99 Å². The van der Waals surface area contributed by atoms with Crippen LogP contribution >= 0.6 is 28.1 Å². The van der Waals surface area contributed by atoms with Gasteiger partial charge in [-0.1, -0.05) is 12.2 Å². The van der Waals surface area contributed by atoms with E-state index >= 15 is 0 Å². The van der Waals surface area contributed by atoms with Crippen LogP contribution < -0.4 is 10.5 Å². The van der Waals surface area contributed by atoms with Crippen molar-refractivity contribution in [1.82, 2.24) is 0 Å². The first-order chi connectivity index (χ1) is 9.90. The predicted molar refractivity (Wildman–Crippen MR) is 80.7 cm³/mol. The Labute approximate surface area is 132 Å². The number of hydrogen-bond donors (Lipinski definition) is 1. The minimum absolute atomic E-state index is 0.0804. The maximum absolute atomic E-state index is 13.7. The summed E-state index contributed by atoms with van der Waals surface area (Å²) in [6, 6.07) is 6.20. The first-order valence-electron chi connectivity index (χ1n) is 5.74. The minimum atomic E-state index is -0.754. The molecule has 0 aliphatic heterocycles. The maximum Gasteiger partial charge on any atom is 0.146 e. The molecule has 0 heterocycles. The lowest BCUT2D eigenvalue weighted by atomic mass is 10.2. The third kappa shape index (κ3) is 3.54. The van der Waals surface area contributed by atoms with Crippen LogP contribution in [0.5, 0.6) is 5.75 Å². The van der Waals surface area contributed by atoms with Crippen molar-refractivity contribution in [3.05, 3.63) is 63.4 Å². The third-order valence-electron chi connectivity index (χ3n) is 2.73. The fourth-order valence-corrected chi connectivity index (χ4v) is 2.18. The largest absolute Gasteiger partial charge is 0.489 e. The van der Waals surface area contributed by atoms with Gasteiger partial charge in [0.15, 0.2) is 0 Å². The third-order valence-corrected chi connectivity index (χ3v) is 3.56. The summed E-state index contributed by atoms with van der Waals surface area (Å²) in [7, 11) is 0. The van der Waals surface area contributed by atoms with E-state index in [-0.39, 0.29) is 32.9 Å². The Hall–Kier alpha value is -1.60. The Balaban J connectivity index is 2.19. The van der Waals surface area contributed by atoms with Crippen molar-refractivity contribution in [2.75, 3.05) is 0 Å².